The number of hydrogen-bond acceptors (Lipinski definition) is 4. The number of H-pyrrole nitrogens is 2. The Morgan fingerprint density at radius 3 is 2.11 bits per heavy atom. The summed E-state index contributed by atoms with van der Waals surface area (Å²) < 4.78 is 13.1. The molecule has 2 saturated heterocycles. The number of rotatable bonds is 5. The van der Waals surface area contributed by atoms with Crippen molar-refractivity contribution in [2.24, 2.45) is 17.8 Å². The topological polar surface area (TPSA) is 102 Å². The average molecular weight is 393 g/mol. The van der Waals surface area contributed by atoms with Crippen LogP contribution in [0.15, 0.2) is 4.79 Å². The van der Waals surface area contributed by atoms with Gasteiger partial charge in [0.25, 0.3) is 0 Å². The van der Waals surface area contributed by atoms with E-state index < -0.39 is 6.17 Å². The maximum atomic E-state index is 13.1. The minimum Gasteiger partial charge on any atom is -0.343 e. The highest BCUT2D eigenvalue weighted by Gasteiger charge is 2.46. The molecule has 2 aliphatic heterocycles. The second kappa shape index (κ2) is 8.05. The van der Waals surface area contributed by atoms with E-state index in [9.17, 15) is 18.8 Å². The number of nitrogens with zero attached hydrogens (tertiary/aromatic N) is 3. The highest BCUT2D eigenvalue weighted by molar-refractivity contribution is 5.82. The Morgan fingerprint density at radius 1 is 1.04 bits per heavy atom. The van der Waals surface area contributed by atoms with Gasteiger partial charge in [-0.15, -0.1) is 0 Å². The molecule has 9 heteroatoms. The van der Waals surface area contributed by atoms with E-state index in [0.29, 0.717) is 36.9 Å². The molecule has 0 spiro atoms. The summed E-state index contributed by atoms with van der Waals surface area (Å²) in [6.45, 7) is 3.03. The van der Waals surface area contributed by atoms with Gasteiger partial charge in [-0.2, -0.15) is 5.10 Å². The lowest BCUT2D eigenvalue weighted by molar-refractivity contribution is -0.136. The maximum Gasteiger partial charge on any atom is 0.340 e. The van der Waals surface area contributed by atoms with Gasteiger partial charge in [-0.1, -0.05) is 0 Å². The molecule has 28 heavy (non-hydrogen) atoms. The lowest BCUT2D eigenvalue weighted by Gasteiger charge is -2.40. The van der Waals surface area contributed by atoms with Crippen LogP contribution in [0.3, 0.4) is 0 Å². The second-order valence-electron chi connectivity index (χ2n) is 8.36. The van der Waals surface area contributed by atoms with Crippen LogP contribution in [0.25, 0.3) is 0 Å². The van der Waals surface area contributed by atoms with Crippen LogP contribution in [0.4, 0.5) is 4.39 Å². The summed E-state index contributed by atoms with van der Waals surface area (Å²) in [7, 11) is 0. The van der Waals surface area contributed by atoms with Crippen LogP contribution < -0.4 is 5.69 Å². The first kappa shape index (κ1) is 19.1. The Bertz CT molecular complexity index is 762. The first-order chi connectivity index (χ1) is 13.5. The van der Waals surface area contributed by atoms with Gasteiger partial charge in [-0.3, -0.25) is 14.6 Å². The first-order valence-electron chi connectivity index (χ1n) is 10.4. The van der Waals surface area contributed by atoms with Gasteiger partial charge < -0.3 is 9.80 Å². The summed E-state index contributed by atoms with van der Waals surface area (Å²) in [6, 6.07) is 0. The number of amides is 2. The van der Waals surface area contributed by atoms with Crippen molar-refractivity contribution < 1.29 is 14.0 Å². The molecule has 3 heterocycles. The molecule has 1 aliphatic carbocycles. The molecule has 154 valence electrons. The third-order valence-electron chi connectivity index (χ3n) is 6.57. The Kier molecular flexibility index (Phi) is 5.50. The van der Waals surface area contributed by atoms with Crippen molar-refractivity contribution in [3.05, 3.63) is 16.3 Å². The van der Waals surface area contributed by atoms with Crippen molar-refractivity contribution in [2.45, 2.75) is 51.1 Å². The number of aryl methyl sites for hydroxylation is 1. The molecule has 3 fully saturated rings. The standard InChI is InChI=1S/C19H28FN5O3/c20-15-11-14(15)18(27)25-9-5-13(6-10-25)12-3-7-24(8-4-12)17(26)2-1-16-21-19(28)23-22-16/h12-15H,1-11H2,(H2,21,22,23,28). The molecule has 0 radical (unpaired) electrons. The number of halogens is 1. The van der Waals surface area contributed by atoms with Gasteiger partial charge in [0.15, 0.2) is 0 Å². The fourth-order valence-corrected chi connectivity index (χ4v) is 4.67. The highest BCUT2D eigenvalue weighted by atomic mass is 19.1. The Morgan fingerprint density at radius 2 is 1.61 bits per heavy atom. The minimum absolute atomic E-state index is 0.00428. The predicted molar refractivity (Wildman–Crippen MR) is 99.1 cm³/mol. The van der Waals surface area contributed by atoms with Crippen LogP contribution in [-0.2, 0) is 16.0 Å². The van der Waals surface area contributed by atoms with Crippen molar-refractivity contribution >= 4 is 11.8 Å². The molecule has 0 aromatic carbocycles. The van der Waals surface area contributed by atoms with Crippen molar-refractivity contribution in [3.63, 3.8) is 0 Å². The third-order valence-corrected chi connectivity index (χ3v) is 6.57. The highest BCUT2D eigenvalue weighted by Crippen LogP contribution is 2.38. The van der Waals surface area contributed by atoms with E-state index in [4.69, 9.17) is 0 Å². The van der Waals surface area contributed by atoms with Gasteiger partial charge in [-0.05, 0) is 43.9 Å². The molecule has 2 amide bonds. The van der Waals surface area contributed by atoms with Crippen LogP contribution in [-0.4, -0.2) is 69.1 Å². The molecule has 4 rings (SSSR count). The number of likely N-dealkylation sites (tertiary alicyclic amines) is 2. The number of hydrogen-bond donors (Lipinski definition) is 2. The van der Waals surface area contributed by atoms with E-state index in [0.717, 1.165) is 51.9 Å². The molecule has 8 nitrogen and oxygen atoms in total. The number of nitrogens with one attached hydrogen (secondary N) is 2. The molecule has 1 saturated carbocycles. The Balaban J connectivity index is 1.17. The van der Waals surface area contributed by atoms with Crippen LogP contribution >= 0.6 is 0 Å². The van der Waals surface area contributed by atoms with E-state index in [1.54, 1.807) is 0 Å². The predicted octanol–water partition coefficient (Wildman–Crippen LogP) is 0.866. The van der Waals surface area contributed by atoms with Gasteiger partial charge in [0.1, 0.15) is 12.0 Å². The fourth-order valence-electron chi connectivity index (χ4n) is 4.67. The van der Waals surface area contributed by atoms with Crippen LogP contribution in [0, 0.1) is 17.8 Å². The lowest BCUT2D eigenvalue weighted by atomic mass is 9.78. The Labute approximate surface area is 162 Å². The normalized spacial score (nSPS) is 26.5. The summed E-state index contributed by atoms with van der Waals surface area (Å²) in [5.41, 5.74) is -0.349. The lowest BCUT2D eigenvalue weighted by Crippen LogP contribution is -2.44. The summed E-state index contributed by atoms with van der Waals surface area (Å²) in [6.07, 6.45) is 4.24. The average Bonchev–Trinajstić information content (AvgIpc) is 3.31. The van der Waals surface area contributed by atoms with Gasteiger partial charge >= 0.3 is 5.69 Å². The number of carbonyl (C=O) groups is 2. The van der Waals surface area contributed by atoms with Crippen molar-refractivity contribution in [1.29, 1.82) is 0 Å². The minimum atomic E-state index is -0.916. The van der Waals surface area contributed by atoms with Gasteiger partial charge in [0, 0.05) is 39.0 Å². The molecular weight excluding hydrogens is 365 g/mol. The van der Waals surface area contributed by atoms with Gasteiger partial charge in [0.2, 0.25) is 11.8 Å². The van der Waals surface area contributed by atoms with Crippen LogP contribution in [0.1, 0.15) is 44.3 Å². The maximum absolute atomic E-state index is 13.1. The van der Waals surface area contributed by atoms with Gasteiger partial charge in [0.05, 0.1) is 5.92 Å². The zero-order chi connectivity index (χ0) is 19.7. The third kappa shape index (κ3) is 4.28. The second-order valence-corrected chi connectivity index (χ2v) is 8.36. The van der Waals surface area contributed by atoms with Crippen molar-refractivity contribution in [2.75, 3.05) is 26.2 Å². The molecule has 3 aliphatic rings. The first-order valence-corrected chi connectivity index (χ1v) is 10.4. The number of aromatic nitrogens is 3. The van der Waals surface area contributed by atoms with E-state index >= 15 is 0 Å². The summed E-state index contributed by atoms with van der Waals surface area (Å²) in [5.74, 6) is 1.44. The molecule has 2 atom stereocenters. The molecule has 2 unspecified atom stereocenters. The molecule has 1 aromatic rings. The van der Waals surface area contributed by atoms with Crippen molar-refractivity contribution in [1.82, 2.24) is 25.0 Å². The molecule has 2 N–H and O–H groups in total. The number of carbonyl (C=O) groups excluding carboxylic acids is 2. The van der Waals surface area contributed by atoms with E-state index in [-0.39, 0.29) is 23.4 Å². The van der Waals surface area contributed by atoms with E-state index in [1.165, 1.54) is 0 Å². The zero-order valence-corrected chi connectivity index (χ0v) is 16.0. The number of alkyl halides is 1. The summed E-state index contributed by atoms with van der Waals surface area (Å²) >= 11 is 0. The van der Waals surface area contributed by atoms with Crippen LogP contribution in [0.2, 0.25) is 0 Å². The largest absolute Gasteiger partial charge is 0.343 e. The van der Waals surface area contributed by atoms with Gasteiger partial charge in [-0.25, -0.2) is 14.3 Å². The molecular formula is C19H28FN5O3. The van der Waals surface area contributed by atoms with Crippen molar-refractivity contribution in [3.8, 4) is 0 Å². The Hall–Kier alpha value is -2.19. The fraction of sp³-hybridized carbons (Fsp3) is 0.789. The quantitative estimate of drug-likeness (QED) is 0.775. The van der Waals surface area contributed by atoms with Crippen LogP contribution in [0.5, 0.6) is 0 Å². The monoisotopic (exact) mass is 393 g/mol. The smallest absolute Gasteiger partial charge is 0.340 e. The number of piperidine rings is 2. The summed E-state index contributed by atoms with van der Waals surface area (Å²) in [4.78, 5) is 41.9. The number of aromatic amines is 2. The SMILES string of the molecule is O=C(CCc1n[nH]c(=O)[nH]1)N1CCC(C2CCN(C(=O)C3CC3F)CC2)CC1. The summed E-state index contributed by atoms with van der Waals surface area (Å²) in [5, 5.41) is 6.14. The molecule has 0 bridgehead atoms. The zero-order valence-electron chi connectivity index (χ0n) is 16.0. The van der Waals surface area contributed by atoms with E-state index in [1.807, 2.05) is 9.80 Å². The molecule has 1 aromatic heterocycles. The van der Waals surface area contributed by atoms with E-state index in [2.05, 4.69) is 15.2 Å².